The third-order valence-electron chi connectivity index (χ3n) is 8.56. The average molecular weight is 639 g/mol. The summed E-state index contributed by atoms with van der Waals surface area (Å²) in [6.45, 7) is 0.958. The van der Waals surface area contributed by atoms with Crippen LogP contribution in [0.2, 0.25) is 10.0 Å². The molecule has 226 valence electrons. The topological polar surface area (TPSA) is 92.8 Å². The van der Waals surface area contributed by atoms with Crippen LogP contribution in [0.3, 0.4) is 0 Å². The fraction of sp³-hybridized carbons (Fsp3) is 0.250. The van der Waals surface area contributed by atoms with Crippen molar-refractivity contribution >= 4 is 46.0 Å². The van der Waals surface area contributed by atoms with Crippen LogP contribution in [0.1, 0.15) is 54.0 Å². The predicted octanol–water partition coefficient (Wildman–Crippen LogP) is 9.16. The summed E-state index contributed by atoms with van der Waals surface area (Å²) in [5, 5.41) is 23.2. The summed E-state index contributed by atoms with van der Waals surface area (Å²) in [5.74, 6) is -1.33. The van der Waals surface area contributed by atoms with Crippen molar-refractivity contribution in [2.75, 3.05) is 22.9 Å². The van der Waals surface area contributed by atoms with E-state index in [4.69, 9.17) is 23.2 Å². The molecule has 1 unspecified atom stereocenters. The fourth-order valence-electron chi connectivity index (χ4n) is 6.54. The molecule has 6 rings (SSSR count). The fourth-order valence-corrected chi connectivity index (χ4v) is 6.92. The molecule has 12 heteroatoms. The smallest absolute Gasteiger partial charge is 0.288 e. The molecule has 0 radical (unpaired) electrons. The summed E-state index contributed by atoms with van der Waals surface area (Å²) < 4.78 is 31.9. The zero-order chi connectivity index (χ0) is 31.1. The van der Waals surface area contributed by atoms with E-state index in [2.05, 4.69) is 0 Å². The summed E-state index contributed by atoms with van der Waals surface area (Å²) in [6.07, 6.45) is 1.66. The maximum absolute atomic E-state index is 15.9. The number of nitro groups is 2. The lowest BCUT2D eigenvalue weighted by molar-refractivity contribution is -0.384. The van der Waals surface area contributed by atoms with Crippen molar-refractivity contribution in [2.45, 2.75) is 37.3 Å². The minimum atomic E-state index is -0.734. The van der Waals surface area contributed by atoms with E-state index >= 15 is 8.78 Å². The molecule has 0 bridgehead atoms. The second-order valence-electron chi connectivity index (χ2n) is 11.1. The lowest BCUT2D eigenvalue weighted by Crippen LogP contribution is -2.27. The maximum atomic E-state index is 15.9. The SMILES string of the molecule is O=[N+]([O-])c1cc([C@H]2CC[C@H](c3ccc(Cl)c([N+](=O)[O-])c3)N2c2cc(F)c(N3CCC(c4ccccc4)C3)c(F)c2)ccc1Cl. The van der Waals surface area contributed by atoms with Crippen molar-refractivity contribution in [2.24, 2.45) is 0 Å². The highest BCUT2D eigenvalue weighted by Crippen LogP contribution is 2.49. The Hall–Kier alpha value is -4.28. The van der Waals surface area contributed by atoms with Gasteiger partial charge in [-0.3, -0.25) is 20.2 Å². The summed E-state index contributed by atoms with van der Waals surface area (Å²) in [4.78, 5) is 25.6. The molecule has 0 aliphatic carbocycles. The van der Waals surface area contributed by atoms with E-state index in [0.717, 1.165) is 12.0 Å². The van der Waals surface area contributed by atoms with Crippen molar-refractivity contribution < 1.29 is 18.6 Å². The number of halogens is 4. The van der Waals surface area contributed by atoms with Crippen molar-refractivity contribution in [3.05, 3.63) is 137 Å². The van der Waals surface area contributed by atoms with Crippen LogP contribution in [-0.2, 0) is 0 Å². The van der Waals surface area contributed by atoms with Gasteiger partial charge in [0.1, 0.15) is 15.7 Å². The highest BCUT2D eigenvalue weighted by molar-refractivity contribution is 6.33. The van der Waals surface area contributed by atoms with Gasteiger partial charge in [-0.1, -0.05) is 65.7 Å². The second-order valence-corrected chi connectivity index (χ2v) is 11.9. The van der Waals surface area contributed by atoms with Crippen LogP contribution in [0.4, 0.5) is 31.5 Å². The van der Waals surface area contributed by atoms with Gasteiger partial charge < -0.3 is 9.80 Å². The maximum Gasteiger partial charge on any atom is 0.288 e. The Morgan fingerprint density at radius 2 is 1.23 bits per heavy atom. The lowest BCUT2D eigenvalue weighted by Gasteiger charge is -2.34. The Labute approximate surface area is 261 Å². The highest BCUT2D eigenvalue weighted by Gasteiger charge is 2.38. The van der Waals surface area contributed by atoms with Crippen LogP contribution >= 0.6 is 23.2 Å². The number of rotatable bonds is 7. The van der Waals surface area contributed by atoms with Gasteiger partial charge in [0.15, 0.2) is 11.6 Å². The van der Waals surface area contributed by atoms with E-state index in [1.807, 2.05) is 30.3 Å². The number of hydrogen-bond donors (Lipinski definition) is 0. The monoisotopic (exact) mass is 638 g/mol. The standard InChI is InChI=1S/C32H26Cl2F2N4O4/c33-24-8-6-20(14-30(24)39(41)42)28-10-11-29(21-7-9-25(34)31(15-21)40(43)44)38(28)23-16-26(35)32(27(36)17-23)37-13-12-22(18-37)19-4-2-1-3-5-19/h1-9,14-17,22,28-29H,10-13,18H2/t22?,28-,29-/m1/s1. The summed E-state index contributed by atoms with van der Waals surface area (Å²) in [6, 6.07) is 20.2. The average Bonchev–Trinajstić information content (AvgIpc) is 3.66. The predicted molar refractivity (Wildman–Crippen MR) is 166 cm³/mol. The number of hydrogen-bond acceptors (Lipinski definition) is 6. The molecule has 2 heterocycles. The highest BCUT2D eigenvalue weighted by atomic mass is 35.5. The molecule has 0 aromatic heterocycles. The molecule has 8 nitrogen and oxygen atoms in total. The van der Waals surface area contributed by atoms with E-state index in [0.29, 0.717) is 37.1 Å². The van der Waals surface area contributed by atoms with Crippen LogP contribution < -0.4 is 9.80 Å². The lowest BCUT2D eigenvalue weighted by atomic mass is 9.99. The van der Waals surface area contributed by atoms with Gasteiger partial charge in [-0.05, 0) is 60.2 Å². The van der Waals surface area contributed by atoms with Gasteiger partial charge in [0, 0.05) is 36.8 Å². The summed E-state index contributed by atoms with van der Waals surface area (Å²) in [7, 11) is 0. The first-order valence-electron chi connectivity index (χ1n) is 14.1. The molecule has 0 N–H and O–H groups in total. The first-order valence-corrected chi connectivity index (χ1v) is 14.8. The Kier molecular flexibility index (Phi) is 8.13. The van der Waals surface area contributed by atoms with Crippen LogP contribution in [0, 0.1) is 31.9 Å². The van der Waals surface area contributed by atoms with Crippen LogP contribution in [-0.4, -0.2) is 22.9 Å². The Bertz CT molecular complexity index is 1670. The third-order valence-corrected chi connectivity index (χ3v) is 9.20. The largest absolute Gasteiger partial charge is 0.366 e. The molecular weight excluding hydrogens is 613 g/mol. The molecule has 2 fully saturated rings. The number of anilines is 2. The van der Waals surface area contributed by atoms with Gasteiger partial charge >= 0.3 is 0 Å². The first kappa shape index (κ1) is 29.8. The Balaban J connectivity index is 1.40. The molecule has 4 aromatic rings. The third kappa shape index (κ3) is 5.55. The molecule has 0 saturated carbocycles. The van der Waals surface area contributed by atoms with Gasteiger partial charge in [-0.25, -0.2) is 8.78 Å². The van der Waals surface area contributed by atoms with Crippen LogP contribution in [0.5, 0.6) is 0 Å². The van der Waals surface area contributed by atoms with Gasteiger partial charge in [0.25, 0.3) is 11.4 Å². The summed E-state index contributed by atoms with van der Waals surface area (Å²) in [5.41, 5.74) is 1.71. The van der Waals surface area contributed by atoms with Crippen LogP contribution in [0.25, 0.3) is 0 Å². The van der Waals surface area contributed by atoms with Crippen molar-refractivity contribution in [3.63, 3.8) is 0 Å². The van der Waals surface area contributed by atoms with E-state index < -0.39 is 33.6 Å². The minimum Gasteiger partial charge on any atom is -0.366 e. The van der Waals surface area contributed by atoms with E-state index in [9.17, 15) is 20.2 Å². The number of nitro benzene ring substituents is 2. The first-order chi connectivity index (χ1) is 21.1. The Morgan fingerprint density at radius 1 is 0.705 bits per heavy atom. The molecule has 2 aliphatic rings. The molecule has 2 aliphatic heterocycles. The van der Waals surface area contributed by atoms with Crippen LogP contribution in [0.15, 0.2) is 78.9 Å². The van der Waals surface area contributed by atoms with Crippen molar-refractivity contribution in [1.82, 2.24) is 0 Å². The Morgan fingerprint density at radius 3 is 1.73 bits per heavy atom. The normalized spacial score (nSPS) is 19.9. The van der Waals surface area contributed by atoms with Gasteiger partial charge in [-0.2, -0.15) is 0 Å². The zero-order valence-corrected chi connectivity index (χ0v) is 24.7. The summed E-state index contributed by atoms with van der Waals surface area (Å²) >= 11 is 12.1. The van der Waals surface area contributed by atoms with Crippen molar-refractivity contribution in [3.8, 4) is 0 Å². The van der Waals surface area contributed by atoms with Gasteiger partial charge in [0.2, 0.25) is 0 Å². The molecule has 2 saturated heterocycles. The molecule has 0 spiro atoms. The molecule has 3 atom stereocenters. The number of benzene rings is 4. The van der Waals surface area contributed by atoms with Crippen molar-refractivity contribution in [1.29, 1.82) is 0 Å². The quantitative estimate of drug-likeness (QED) is 0.148. The van der Waals surface area contributed by atoms with Gasteiger partial charge in [0.05, 0.1) is 21.9 Å². The minimum absolute atomic E-state index is 0.0333. The van der Waals surface area contributed by atoms with E-state index in [1.54, 1.807) is 21.9 Å². The van der Waals surface area contributed by atoms with E-state index in [-0.39, 0.29) is 38.7 Å². The van der Waals surface area contributed by atoms with Gasteiger partial charge in [-0.15, -0.1) is 0 Å². The second kappa shape index (κ2) is 12.0. The number of nitrogens with zero attached hydrogens (tertiary/aromatic N) is 4. The molecule has 4 aromatic carbocycles. The van der Waals surface area contributed by atoms with E-state index in [1.165, 1.54) is 36.4 Å². The molecular formula is C32H26Cl2F2N4O4. The molecule has 0 amide bonds. The zero-order valence-electron chi connectivity index (χ0n) is 23.2. The molecule has 44 heavy (non-hydrogen) atoms.